The highest BCUT2D eigenvalue weighted by Gasteiger charge is 2.75. The van der Waals surface area contributed by atoms with Crippen molar-refractivity contribution in [1.29, 1.82) is 0 Å². The fourth-order valence-electron chi connectivity index (χ4n) is 7.73. The molecule has 28 heavy (non-hydrogen) atoms. The second-order valence-electron chi connectivity index (χ2n) is 9.73. The van der Waals surface area contributed by atoms with Crippen molar-refractivity contribution in [3.8, 4) is 0 Å². The van der Waals surface area contributed by atoms with E-state index in [0.29, 0.717) is 17.9 Å². The molecule has 3 heterocycles. The molecule has 2 nitrogen and oxygen atoms in total. The topological polar surface area (TPSA) is 18.5 Å². The number of ether oxygens (including phenoxy) is 2. The van der Waals surface area contributed by atoms with E-state index in [0.717, 1.165) is 25.7 Å². The molecule has 2 bridgehead atoms. The van der Waals surface area contributed by atoms with Gasteiger partial charge >= 0.3 is 0 Å². The highest BCUT2D eigenvalue weighted by Crippen LogP contribution is 2.71. The molecule has 0 amide bonds. The Morgan fingerprint density at radius 3 is 2.79 bits per heavy atom. The highest BCUT2D eigenvalue weighted by molar-refractivity contribution is 5.42. The predicted octanol–water partition coefficient (Wildman–Crippen LogP) is 6.29. The summed E-state index contributed by atoms with van der Waals surface area (Å²) >= 11 is 0. The third kappa shape index (κ3) is 2.11. The van der Waals surface area contributed by atoms with Crippen LogP contribution >= 0.6 is 0 Å². The second-order valence-corrected chi connectivity index (χ2v) is 9.73. The zero-order valence-electron chi connectivity index (χ0n) is 16.9. The minimum absolute atomic E-state index is 0.0826. The Bertz CT molecular complexity index is 811. The molecule has 2 heteroatoms. The van der Waals surface area contributed by atoms with Crippen molar-refractivity contribution in [3.63, 3.8) is 0 Å². The lowest BCUT2D eigenvalue weighted by atomic mass is 9.58. The third-order valence-electron chi connectivity index (χ3n) is 8.59. The largest absolute Gasteiger partial charge is 0.363 e. The average molecular weight is 377 g/mol. The monoisotopic (exact) mass is 376 g/mol. The van der Waals surface area contributed by atoms with E-state index in [1.807, 2.05) is 0 Å². The molecule has 0 aromatic heterocycles. The first-order chi connectivity index (χ1) is 13.8. The smallest absolute Gasteiger partial charge is 0.110 e. The molecule has 5 aliphatic rings. The number of benzene rings is 1. The van der Waals surface area contributed by atoms with Crippen LogP contribution < -0.4 is 0 Å². The van der Waals surface area contributed by atoms with E-state index in [1.54, 1.807) is 11.1 Å². The molecule has 1 aromatic carbocycles. The van der Waals surface area contributed by atoms with Crippen molar-refractivity contribution in [1.82, 2.24) is 0 Å². The Hall–Kier alpha value is -1.38. The van der Waals surface area contributed by atoms with Gasteiger partial charge in [0.2, 0.25) is 0 Å². The van der Waals surface area contributed by atoms with Crippen LogP contribution in [0.4, 0.5) is 0 Å². The predicted molar refractivity (Wildman–Crippen MR) is 111 cm³/mol. The van der Waals surface area contributed by atoms with E-state index >= 15 is 0 Å². The van der Waals surface area contributed by atoms with E-state index in [-0.39, 0.29) is 17.3 Å². The van der Waals surface area contributed by atoms with Gasteiger partial charge in [-0.1, -0.05) is 48.4 Å². The Balaban J connectivity index is 1.52. The van der Waals surface area contributed by atoms with Crippen molar-refractivity contribution in [2.45, 2.75) is 87.6 Å². The Morgan fingerprint density at radius 2 is 1.93 bits per heavy atom. The van der Waals surface area contributed by atoms with Gasteiger partial charge in [0.15, 0.2) is 0 Å². The van der Waals surface area contributed by atoms with E-state index < -0.39 is 0 Å². The maximum atomic E-state index is 7.24. The van der Waals surface area contributed by atoms with Gasteiger partial charge in [0.05, 0.1) is 17.8 Å². The zero-order valence-corrected chi connectivity index (χ0v) is 16.9. The Morgan fingerprint density at radius 1 is 1.07 bits per heavy atom. The molecule has 1 saturated carbocycles. The normalized spacial score (nSPS) is 43.1. The van der Waals surface area contributed by atoms with Crippen LogP contribution in [0.1, 0.15) is 75.9 Å². The van der Waals surface area contributed by atoms with Crippen LogP contribution in [0.15, 0.2) is 54.1 Å². The lowest BCUT2D eigenvalue weighted by Gasteiger charge is -2.52. The minimum atomic E-state index is -0.111. The van der Waals surface area contributed by atoms with Gasteiger partial charge < -0.3 is 9.47 Å². The molecule has 1 aromatic rings. The van der Waals surface area contributed by atoms with Crippen LogP contribution in [0.5, 0.6) is 0 Å². The second kappa shape index (κ2) is 6.31. The summed E-state index contributed by atoms with van der Waals surface area (Å²) in [6.07, 6.45) is 14.8. The number of unbranched alkanes of at least 4 members (excludes halogenated alkanes) is 1. The van der Waals surface area contributed by atoms with Gasteiger partial charge in [-0.25, -0.2) is 0 Å². The molecule has 6 rings (SSSR count). The summed E-state index contributed by atoms with van der Waals surface area (Å²) in [4.78, 5) is 0. The van der Waals surface area contributed by atoms with Gasteiger partial charge in [-0.05, 0) is 74.8 Å². The van der Waals surface area contributed by atoms with Gasteiger partial charge in [-0.3, -0.25) is 0 Å². The van der Waals surface area contributed by atoms with Gasteiger partial charge in [-0.2, -0.15) is 0 Å². The van der Waals surface area contributed by atoms with Crippen LogP contribution in [-0.2, 0) is 9.47 Å². The molecule has 148 valence electrons. The van der Waals surface area contributed by atoms with Crippen molar-refractivity contribution in [3.05, 3.63) is 59.7 Å². The van der Waals surface area contributed by atoms with E-state index in [9.17, 15) is 0 Å². The van der Waals surface area contributed by atoms with Crippen LogP contribution in [0.3, 0.4) is 0 Å². The fraction of sp³-hybridized carbons (Fsp3) is 0.615. The van der Waals surface area contributed by atoms with Gasteiger partial charge in [0.1, 0.15) is 5.60 Å². The maximum Gasteiger partial charge on any atom is 0.110 e. The number of fused-ring (bicyclic) bond motifs is 3. The maximum absolute atomic E-state index is 7.24. The number of hydrogen-bond acceptors (Lipinski definition) is 2. The first kappa shape index (κ1) is 17.5. The lowest BCUT2D eigenvalue weighted by Crippen LogP contribution is -2.61. The first-order valence-electron chi connectivity index (χ1n) is 11.5. The quantitative estimate of drug-likeness (QED) is 0.444. The molecule has 3 aliphatic heterocycles. The molecule has 1 spiro atoms. The van der Waals surface area contributed by atoms with E-state index in [2.05, 4.69) is 43.0 Å². The average Bonchev–Trinajstić information content (AvgIpc) is 3.40. The van der Waals surface area contributed by atoms with Gasteiger partial charge in [0, 0.05) is 5.92 Å². The summed E-state index contributed by atoms with van der Waals surface area (Å²) in [6.45, 7) is 3.96. The van der Waals surface area contributed by atoms with Crippen molar-refractivity contribution >= 4 is 0 Å². The molecular formula is C26H32O2. The summed E-state index contributed by atoms with van der Waals surface area (Å²) in [5.74, 6) is 1.10. The molecule has 2 aliphatic carbocycles. The number of rotatable bonds is 5. The molecule has 6 atom stereocenters. The van der Waals surface area contributed by atoms with Gasteiger partial charge in [-0.15, -0.1) is 6.58 Å². The molecule has 0 N–H and O–H groups in total. The summed E-state index contributed by atoms with van der Waals surface area (Å²) < 4.78 is 14.4. The van der Waals surface area contributed by atoms with Gasteiger partial charge in [0.25, 0.3) is 0 Å². The highest BCUT2D eigenvalue weighted by atomic mass is 16.6. The van der Waals surface area contributed by atoms with Crippen molar-refractivity contribution in [2.75, 3.05) is 0 Å². The standard InChI is InChI=1S/C26H32O2/c1-2-3-7-15-25-16-9-12-19-17-22-20-13-8-14-21(20)23(26(19,25)27-22)24(28-25)18-10-5-4-6-11-18/h2,4-6,10-11,19,22-24H,1,3,7-9,12-17H2/t19-,22+,23-,24+,25+,26-/m1/s1. The molecule has 0 unspecified atom stereocenters. The van der Waals surface area contributed by atoms with Crippen molar-refractivity contribution < 1.29 is 9.47 Å². The Labute approximate surface area is 169 Å². The molecule has 2 saturated heterocycles. The summed E-state index contributed by atoms with van der Waals surface area (Å²) in [7, 11) is 0. The molecular weight excluding hydrogens is 344 g/mol. The van der Waals surface area contributed by atoms with Crippen molar-refractivity contribution in [2.24, 2.45) is 11.8 Å². The number of allylic oxidation sites excluding steroid dienone is 1. The van der Waals surface area contributed by atoms with E-state index in [4.69, 9.17) is 9.47 Å². The lowest BCUT2D eigenvalue weighted by molar-refractivity contribution is -0.194. The van der Waals surface area contributed by atoms with Crippen LogP contribution in [0.2, 0.25) is 0 Å². The number of hydrogen-bond donors (Lipinski definition) is 0. The van der Waals surface area contributed by atoms with Crippen LogP contribution in [-0.4, -0.2) is 17.3 Å². The Kier molecular flexibility index (Phi) is 3.94. The first-order valence-corrected chi connectivity index (χ1v) is 11.5. The third-order valence-corrected chi connectivity index (χ3v) is 8.59. The molecule has 3 fully saturated rings. The van der Waals surface area contributed by atoms with Crippen LogP contribution in [0.25, 0.3) is 0 Å². The summed E-state index contributed by atoms with van der Waals surface area (Å²) in [5.41, 5.74) is 4.56. The SMILES string of the molecule is C=CCCC[C@]12CCC[C@@H]3C[C@@H]4O[C@@]31[C@H](C1=C4CCC1)[C@H](c1ccccc1)O2. The molecule has 0 radical (unpaired) electrons. The summed E-state index contributed by atoms with van der Waals surface area (Å²) in [6, 6.07) is 11.0. The van der Waals surface area contributed by atoms with Crippen LogP contribution in [0, 0.1) is 11.8 Å². The van der Waals surface area contributed by atoms with E-state index in [1.165, 1.54) is 44.1 Å². The fourth-order valence-corrected chi connectivity index (χ4v) is 7.73. The zero-order chi connectivity index (χ0) is 18.8. The minimum Gasteiger partial charge on any atom is -0.363 e. The summed E-state index contributed by atoms with van der Waals surface area (Å²) in [5, 5.41) is 0.